The third-order valence-electron chi connectivity index (χ3n) is 3.87. The van der Waals surface area contributed by atoms with Gasteiger partial charge in [-0.15, -0.1) is 0 Å². The Morgan fingerprint density at radius 3 is 2.44 bits per heavy atom. The van der Waals surface area contributed by atoms with Crippen LogP contribution in [0.15, 0.2) is 48.0 Å². The summed E-state index contributed by atoms with van der Waals surface area (Å²) in [5.74, 6) is -2.30. The van der Waals surface area contributed by atoms with Crippen LogP contribution < -0.4 is 4.74 Å². The number of carbonyl (C=O) groups is 2. The fourth-order valence-electron chi connectivity index (χ4n) is 2.66. The highest BCUT2D eigenvalue weighted by Gasteiger charge is 2.39. The first-order valence-electron chi connectivity index (χ1n) is 8.40. The summed E-state index contributed by atoms with van der Waals surface area (Å²) in [5.41, 5.74) is 2.41. The van der Waals surface area contributed by atoms with Crippen molar-refractivity contribution in [1.29, 1.82) is 0 Å². The molecule has 1 fully saturated rings. The van der Waals surface area contributed by atoms with E-state index in [0.717, 1.165) is 11.1 Å². The summed E-state index contributed by atoms with van der Waals surface area (Å²) in [7, 11) is 0. The van der Waals surface area contributed by atoms with Crippen LogP contribution in [0.4, 0.5) is 0 Å². The highest BCUT2D eigenvalue weighted by atomic mass is 35.5. The number of rotatable bonds is 4. The quantitative estimate of drug-likeness (QED) is 0.441. The molecule has 6 heteroatoms. The van der Waals surface area contributed by atoms with E-state index in [4.69, 9.17) is 25.8 Å². The van der Waals surface area contributed by atoms with Crippen LogP contribution in [-0.2, 0) is 25.7 Å². The van der Waals surface area contributed by atoms with Gasteiger partial charge in [0.05, 0.1) is 0 Å². The zero-order valence-electron chi connectivity index (χ0n) is 15.2. The van der Waals surface area contributed by atoms with Crippen molar-refractivity contribution >= 4 is 29.6 Å². The van der Waals surface area contributed by atoms with Gasteiger partial charge >= 0.3 is 11.9 Å². The van der Waals surface area contributed by atoms with E-state index >= 15 is 0 Å². The molecule has 0 spiro atoms. The number of esters is 2. The van der Waals surface area contributed by atoms with Gasteiger partial charge < -0.3 is 14.2 Å². The average Bonchev–Trinajstić information content (AvgIpc) is 2.56. The summed E-state index contributed by atoms with van der Waals surface area (Å²) in [6.45, 7) is 5.33. The zero-order chi connectivity index (χ0) is 19.6. The lowest BCUT2D eigenvalue weighted by molar-refractivity contribution is -0.222. The molecule has 3 rings (SSSR count). The SMILES string of the molecule is Cc1cccc(COc2ccc(Cl)cc2C=C2C(=O)OC(C)(C)OC2=O)c1. The second kappa shape index (κ2) is 7.45. The lowest BCUT2D eigenvalue weighted by Gasteiger charge is -2.29. The number of benzene rings is 2. The maximum Gasteiger partial charge on any atom is 0.348 e. The topological polar surface area (TPSA) is 61.8 Å². The summed E-state index contributed by atoms with van der Waals surface area (Å²) in [4.78, 5) is 24.3. The van der Waals surface area contributed by atoms with Crippen LogP contribution in [0.5, 0.6) is 5.75 Å². The van der Waals surface area contributed by atoms with Crippen LogP contribution in [0.3, 0.4) is 0 Å². The van der Waals surface area contributed by atoms with E-state index in [0.29, 0.717) is 22.9 Å². The Bertz CT molecular complexity index is 908. The Kier molecular flexibility index (Phi) is 5.24. The summed E-state index contributed by atoms with van der Waals surface area (Å²) < 4.78 is 16.1. The maximum absolute atomic E-state index is 12.2. The maximum atomic E-state index is 12.2. The number of aryl methyl sites for hydroxylation is 1. The molecule has 0 unspecified atom stereocenters. The molecule has 0 aromatic heterocycles. The molecule has 5 nitrogen and oxygen atoms in total. The monoisotopic (exact) mass is 386 g/mol. The number of hydrogen-bond acceptors (Lipinski definition) is 5. The van der Waals surface area contributed by atoms with Gasteiger partial charge in [0.1, 0.15) is 17.9 Å². The van der Waals surface area contributed by atoms with Crippen molar-refractivity contribution in [3.05, 3.63) is 69.8 Å². The molecule has 0 amide bonds. The smallest absolute Gasteiger partial charge is 0.348 e. The van der Waals surface area contributed by atoms with Gasteiger partial charge in [0.25, 0.3) is 5.79 Å². The van der Waals surface area contributed by atoms with Gasteiger partial charge in [-0.3, -0.25) is 0 Å². The molecule has 1 aliphatic heterocycles. The van der Waals surface area contributed by atoms with E-state index in [2.05, 4.69) is 0 Å². The minimum absolute atomic E-state index is 0.211. The molecular formula is C21H19ClO5. The summed E-state index contributed by atoms with van der Waals surface area (Å²) in [6.07, 6.45) is 1.37. The molecule has 2 aromatic rings. The van der Waals surface area contributed by atoms with Gasteiger partial charge in [0.15, 0.2) is 0 Å². The molecule has 1 heterocycles. The largest absolute Gasteiger partial charge is 0.488 e. The molecule has 140 valence electrons. The third kappa shape index (κ3) is 4.68. The fraction of sp³-hybridized carbons (Fsp3) is 0.238. The highest BCUT2D eigenvalue weighted by molar-refractivity contribution is 6.30. The Morgan fingerprint density at radius 1 is 1.07 bits per heavy atom. The molecule has 0 aliphatic carbocycles. The van der Waals surface area contributed by atoms with Crippen molar-refractivity contribution in [2.75, 3.05) is 0 Å². The van der Waals surface area contributed by atoms with Gasteiger partial charge in [0, 0.05) is 24.4 Å². The van der Waals surface area contributed by atoms with Crippen molar-refractivity contribution in [1.82, 2.24) is 0 Å². The average molecular weight is 387 g/mol. The minimum Gasteiger partial charge on any atom is -0.488 e. The molecule has 1 saturated heterocycles. The van der Waals surface area contributed by atoms with Crippen molar-refractivity contribution in [2.24, 2.45) is 0 Å². The van der Waals surface area contributed by atoms with E-state index in [1.807, 2.05) is 31.2 Å². The van der Waals surface area contributed by atoms with Gasteiger partial charge in [-0.25, -0.2) is 9.59 Å². The molecular weight excluding hydrogens is 368 g/mol. The van der Waals surface area contributed by atoms with Gasteiger partial charge in [0.2, 0.25) is 0 Å². The van der Waals surface area contributed by atoms with Gasteiger partial charge in [-0.2, -0.15) is 0 Å². The third-order valence-corrected chi connectivity index (χ3v) is 4.10. The molecule has 0 saturated carbocycles. The Labute approximate surface area is 162 Å². The lowest BCUT2D eigenvalue weighted by atomic mass is 10.1. The van der Waals surface area contributed by atoms with Gasteiger partial charge in [-0.1, -0.05) is 41.4 Å². The molecule has 0 N–H and O–H groups in total. The van der Waals surface area contributed by atoms with E-state index < -0.39 is 17.7 Å². The fourth-order valence-corrected chi connectivity index (χ4v) is 2.84. The number of ether oxygens (including phenoxy) is 3. The van der Waals surface area contributed by atoms with Crippen LogP contribution in [0.25, 0.3) is 6.08 Å². The first-order valence-corrected chi connectivity index (χ1v) is 8.77. The second-order valence-electron chi connectivity index (χ2n) is 6.70. The van der Waals surface area contributed by atoms with Crippen molar-refractivity contribution < 1.29 is 23.8 Å². The number of carbonyl (C=O) groups excluding carboxylic acids is 2. The Hall–Kier alpha value is -2.79. The van der Waals surface area contributed by atoms with Crippen LogP contribution in [0, 0.1) is 6.92 Å². The number of halogens is 1. The molecule has 27 heavy (non-hydrogen) atoms. The van der Waals surface area contributed by atoms with E-state index in [9.17, 15) is 9.59 Å². The first-order chi connectivity index (χ1) is 12.7. The molecule has 0 radical (unpaired) electrons. The van der Waals surface area contributed by atoms with Crippen molar-refractivity contribution in [3.8, 4) is 5.75 Å². The normalized spacial score (nSPS) is 15.8. The van der Waals surface area contributed by atoms with Crippen molar-refractivity contribution in [2.45, 2.75) is 33.2 Å². The van der Waals surface area contributed by atoms with Crippen LogP contribution in [0.2, 0.25) is 5.02 Å². The molecule has 0 atom stereocenters. The standard InChI is InChI=1S/C21H19ClO5/c1-13-5-4-6-14(9-13)12-25-18-8-7-16(22)10-15(18)11-17-19(23)26-21(2,3)27-20(17)24/h4-11H,12H2,1-3H3. The zero-order valence-corrected chi connectivity index (χ0v) is 16.0. The Morgan fingerprint density at radius 2 is 1.78 bits per heavy atom. The van der Waals surface area contributed by atoms with E-state index in [1.165, 1.54) is 19.9 Å². The minimum atomic E-state index is -1.29. The van der Waals surface area contributed by atoms with Crippen molar-refractivity contribution in [3.63, 3.8) is 0 Å². The lowest BCUT2D eigenvalue weighted by Crippen LogP contribution is -2.41. The first kappa shape index (κ1) is 19.0. The Balaban J connectivity index is 1.88. The van der Waals surface area contributed by atoms with Gasteiger partial charge in [-0.05, 0) is 36.8 Å². The number of hydrogen-bond donors (Lipinski definition) is 0. The van der Waals surface area contributed by atoms with Crippen LogP contribution in [0.1, 0.15) is 30.5 Å². The number of cyclic esters (lactones) is 2. The molecule has 2 aromatic carbocycles. The molecule has 0 bridgehead atoms. The summed E-state index contributed by atoms with van der Waals surface area (Å²) in [5, 5.41) is 0.447. The summed E-state index contributed by atoms with van der Waals surface area (Å²) >= 11 is 6.07. The predicted octanol–water partition coefficient (Wildman–Crippen LogP) is 4.45. The van der Waals surface area contributed by atoms with E-state index in [1.54, 1.807) is 18.2 Å². The van der Waals surface area contributed by atoms with E-state index in [-0.39, 0.29) is 5.57 Å². The van der Waals surface area contributed by atoms with Crippen LogP contribution >= 0.6 is 11.6 Å². The highest BCUT2D eigenvalue weighted by Crippen LogP contribution is 2.29. The predicted molar refractivity (Wildman–Crippen MR) is 101 cm³/mol. The second-order valence-corrected chi connectivity index (χ2v) is 7.13. The summed E-state index contributed by atoms with van der Waals surface area (Å²) in [6, 6.07) is 12.9. The molecule has 1 aliphatic rings. The van der Waals surface area contributed by atoms with Crippen LogP contribution in [-0.4, -0.2) is 17.7 Å².